The molecule has 5 heteroatoms. The van der Waals surface area contributed by atoms with Crippen LogP contribution in [-0.2, 0) is 20.7 Å². The second-order valence-electron chi connectivity index (χ2n) is 5.87. The molecule has 0 saturated heterocycles. The second-order valence-corrected chi connectivity index (χ2v) is 5.87. The number of carbonyl (C=O) groups excluding carboxylic acids is 2. The minimum atomic E-state index is -0.323. The Labute approximate surface area is 144 Å². The van der Waals surface area contributed by atoms with Gasteiger partial charge in [-0.2, -0.15) is 0 Å². The Kier molecular flexibility index (Phi) is 8.90. The third-order valence-electron chi connectivity index (χ3n) is 3.82. The molecule has 5 nitrogen and oxygen atoms in total. The van der Waals surface area contributed by atoms with Gasteiger partial charge in [-0.05, 0) is 31.0 Å². The lowest BCUT2D eigenvalue weighted by Gasteiger charge is -2.25. The molecule has 0 radical (unpaired) electrons. The van der Waals surface area contributed by atoms with Crippen molar-refractivity contribution < 1.29 is 19.1 Å². The summed E-state index contributed by atoms with van der Waals surface area (Å²) in [7, 11) is 1.37. The molecule has 24 heavy (non-hydrogen) atoms. The van der Waals surface area contributed by atoms with Crippen LogP contribution in [0.2, 0.25) is 0 Å². The third-order valence-corrected chi connectivity index (χ3v) is 3.82. The van der Waals surface area contributed by atoms with E-state index in [1.165, 1.54) is 7.11 Å². The molecule has 0 spiro atoms. The molecule has 1 atom stereocenters. The van der Waals surface area contributed by atoms with E-state index < -0.39 is 0 Å². The highest BCUT2D eigenvalue weighted by Crippen LogP contribution is 2.14. The van der Waals surface area contributed by atoms with Gasteiger partial charge in [0, 0.05) is 13.1 Å². The predicted molar refractivity (Wildman–Crippen MR) is 94.0 cm³/mol. The van der Waals surface area contributed by atoms with E-state index in [1.54, 1.807) is 11.8 Å². The molecule has 0 aliphatic carbocycles. The van der Waals surface area contributed by atoms with E-state index in [0.29, 0.717) is 26.1 Å². The van der Waals surface area contributed by atoms with E-state index in [0.717, 1.165) is 24.2 Å². The summed E-state index contributed by atoms with van der Waals surface area (Å²) in [5.41, 5.74) is 0.940. The molecule has 0 aromatic heterocycles. The van der Waals surface area contributed by atoms with Crippen molar-refractivity contribution in [2.24, 2.45) is 5.92 Å². The zero-order valence-electron chi connectivity index (χ0n) is 15.2. The first kappa shape index (κ1) is 20.0. The number of hydrogen-bond donors (Lipinski definition) is 0. The van der Waals surface area contributed by atoms with Gasteiger partial charge in [0.25, 0.3) is 0 Å². The van der Waals surface area contributed by atoms with Crippen LogP contribution in [-0.4, -0.2) is 43.6 Å². The third kappa shape index (κ3) is 6.60. The number of ether oxygens (including phenoxy) is 2. The van der Waals surface area contributed by atoms with E-state index in [-0.39, 0.29) is 17.8 Å². The fourth-order valence-electron chi connectivity index (χ4n) is 2.43. The molecule has 0 heterocycles. The Morgan fingerprint density at radius 3 is 2.38 bits per heavy atom. The number of carbonyl (C=O) groups is 2. The zero-order valence-corrected chi connectivity index (χ0v) is 15.2. The Morgan fingerprint density at radius 1 is 1.17 bits per heavy atom. The van der Waals surface area contributed by atoms with Crippen LogP contribution >= 0.6 is 0 Å². The summed E-state index contributed by atoms with van der Waals surface area (Å²) in [6, 6.07) is 7.56. The van der Waals surface area contributed by atoms with Crippen LogP contribution in [0, 0.1) is 5.92 Å². The quantitative estimate of drug-likeness (QED) is 0.617. The van der Waals surface area contributed by atoms with Gasteiger partial charge < -0.3 is 14.4 Å². The van der Waals surface area contributed by atoms with Gasteiger partial charge in [-0.25, -0.2) is 0 Å². The molecule has 0 aliphatic rings. The lowest BCUT2D eigenvalue weighted by Crippen LogP contribution is -2.38. The maximum absolute atomic E-state index is 12.6. The summed E-state index contributed by atoms with van der Waals surface area (Å²) in [6.45, 7) is 7.48. The van der Waals surface area contributed by atoms with Crippen molar-refractivity contribution in [3.8, 4) is 5.75 Å². The van der Waals surface area contributed by atoms with Crippen molar-refractivity contribution in [1.82, 2.24) is 4.90 Å². The average molecular weight is 335 g/mol. The van der Waals surface area contributed by atoms with Crippen molar-refractivity contribution >= 4 is 11.9 Å². The summed E-state index contributed by atoms with van der Waals surface area (Å²) >= 11 is 0. The highest BCUT2D eigenvalue weighted by molar-refractivity contribution is 5.80. The lowest BCUT2D eigenvalue weighted by atomic mass is 10.1. The number of benzene rings is 1. The van der Waals surface area contributed by atoms with Gasteiger partial charge in [0.1, 0.15) is 5.75 Å². The highest BCUT2D eigenvalue weighted by Gasteiger charge is 2.21. The first-order chi connectivity index (χ1) is 11.5. The zero-order chi connectivity index (χ0) is 17.9. The van der Waals surface area contributed by atoms with Crippen molar-refractivity contribution in [2.75, 3.05) is 26.8 Å². The van der Waals surface area contributed by atoms with Crippen LogP contribution in [0.5, 0.6) is 5.75 Å². The molecular weight excluding hydrogens is 306 g/mol. The summed E-state index contributed by atoms with van der Waals surface area (Å²) in [4.78, 5) is 26.0. The predicted octanol–water partition coefficient (Wildman–Crippen LogP) is 3.07. The molecule has 134 valence electrons. The largest absolute Gasteiger partial charge is 0.494 e. The minimum Gasteiger partial charge on any atom is -0.494 e. The van der Waals surface area contributed by atoms with Crippen LogP contribution in [0.1, 0.15) is 39.2 Å². The molecular formula is C19H29NO4. The van der Waals surface area contributed by atoms with Gasteiger partial charge in [0.2, 0.25) is 5.91 Å². The number of rotatable bonds is 10. The van der Waals surface area contributed by atoms with E-state index in [2.05, 4.69) is 6.92 Å². The molecule has 0 aliphatic heterocycles. The summed E-state index contributed by atoms with van der Waals surface area (Å²) in [5, 5.41) is 0. The number of hydrogen-bond acceptors (Lipinski definition) is 4. The number of amides is 1. The van der Waals surface area contributed by atoms with E-state index >= 15 is 0 Å². The monoisotopic (exact) mass is 335 g/mol. The molecule has 0 saturated carbocycles. The Bertz CT molecular complexity index is 513. The van der Waals surface area contributed by atoms with Crippen LogP contribution < -0.4 is 4.74 Å². The van der Waals surface area contributed by atoms with E-state index in [9.17, 15) is 9.59 Å². The number of esters is 1. The number of methoxy groups -OCH3 is 1. The van der Waals surface area contributed by atoms with Gasteiger partial charge in [0.05, 0.1) is 26.1 Å². The molecule has 1 rings (SSSR count). The van der Waals surface area contributed by atoms with Gasteiger partial charge in [-0.3, -0.25) is 9.59 Å². The summed E-state index contributed by atoms with van der Waals surface area (Å²) in [5.74, 6) is 0.223. The van der Waals surface area contributed by atoms with Gasteiger partial charge in [0.15, 0.2) is 0 Å². The molecule has 1 amide bonds. The molecule has 1 aromatic rings. The first-order valence-corrected chi connectivity index (χ1v) is 8.59. The molecule has 1 aromatic carbocycles. The van der Waals surface area contributed by atoms with E-state index in [1.807, 2.05) is 31.2 Å². The summed E-state index contributed by atoms with van der Waals surface area (Å²) in [6.07, 6.45) is 2.24. The van der Waals surface area contributed by atoms with Crippen LogP contribution in [0.15, 0.2) is 24.3 Å². The van der Waals surface area contributed by atoms with Gasteiger partial charge >= 0.3 is 5.97 Å². The molecule has 0 N–H and O–H groups in total. The van der Waals surface area contributed by atoms with Crippen molar-refractivity contribution in [3.63, 3.8) is 0 Å². The average Bonchev–Trinajstić information content (AvgIpc) is 2.59. The van der Waals surface area contributed by atoms with Crippen molar-refractivity contribution in [3.05, 3.63) is 29.8 Å². The second kappa shape index (κ2) is 10.7. The molecule has 0 bridgehead atoms. The lowest BCUT2D eigenvalue weighted by molar-refractivity contribution is -0.146. The normalized spacial score (nSPS) is 11.7. The number of nitrogens with zero attached hydrogens (tertiary/aromatic N) is 1. The Morgan fingerprint density at radius 2 is 1.83 bits per heavy atom. The van der Waals surface area contributed by atoms with Crippen LogP contribution in [0.25, 0.3) is 0 Å². The topological polar surface area (TPSA) is 55.8 Å². The molecule has 1 unspecified atom stereocenters. The van der Waals surface area contributed by atoms with Gasteiger partial charge in [-0.1, -0.05) is 32.4 Å². The number of unbranched alkanes of at least 4 members (excludes halogenated alkanes) is 1. The van der Waals surface area contributed by atoms with Crippen molar-refractivity contribution in [2.45, 2.75) is 40.0 Å². The van der Waals surface area contributed by atoms with Crippen LogP contribution in [0.3, 0.4) is 0 Å². The maximum Gasteiger partial charge on any atom is 0.310 e. The first-order valence-electron chi connectivity index (χ1n) is 8.59. The highest BCUT2D eigenvalue weighted by atomic mass is 16.5. The molecule has 0 fully saturated rings. The standard InChI is InChI=1S/C19H29NO4/c1-5-7-12-20(14-15(3)19(22)23-4)18(21)13-16-8-10-17(11-9-16)24-6-2/h8-11,15H,5-7,12-14H2,1-4H3. The Balaban J connectivity index is 2.70. The SMILES string of the molecule is CCCCN(CC(C)C(=O)OC)C(=O)Cc1ccc(OCC)cc1. The maximum atomic E-state index is 12.6. The van der Waals surface area contributed by atoms with E-state index in [4.69, 9.17) is 9.47 Å². The fourth-order valence-corrected chi connectivity index (χ4v) is 2.43. The summed E-state index contributed by atoms with van der Waals surface area (Å²) < 4.78 is 10.2. The Hall–Kier alpha value is -2.04. The van der Waals surface area contributed by atoms with Crippen molar-refractivity contribution in [1.29, 1.82) is 0 Å². The minimum absolute atomic E-state index is 0.0309. The van der Waals surface area contributed by atoms with Gasteiger partial charge in [-0.15, -0.1) is 0 Å². The van der Waals surface area contributed by atoms with Crippen LogP contribution in [0.4, 0.5) is 0 Å². The smallest absolute Gasteiger partial charge is 0.310 e. The fraction of sp³-hybridized carbons (Fsp3) is 0.579.